The van der Waals surface area contributed by atoms with Crippen LogP contribution in [0, 0.1) is 0 Å². The molecule has 5 nitrogen and oxygen atoms in total. The number of hydrogen-bond donors (Lipinski definition) is 1. The predicted octanol–water partition coefficient (Wildman–Crippen LogP) is 2.70. The average Bonchev–Trinajstić information content (AvgIpc) is 2.69. The Morgan fingerprint density at radius 2 is 2.15 bits per heavy atom. The first-order valence-corrected chi connectivity index (χ1v) is 7.68. The molecule has 0 fully saturated rings. The van der Waals surface area contributed by atoms with Crippen LogP contribution in [0.15, 0.2) is 35.5 Å². The van der Waals surface area contributed by atoms with Crippen LogP contribution in [-0.2, 0) is 0 Å². The van der Waals surface area contributed by atoms with Crippen LogP contribution in [0.2, 0.25) is 0 Å². The number of hydrogen-bond acceptors (Lipinski definition) is 6. The number of anilines is 3. The third-order valence-electron chi connectivity index (χ3n) is 3.11. The highest BCUT2D eigenvalue weighted by molar-refractivity contribution is 7.98. The number of nitrogens with two attached hydrogens (primary N) is 1. The molecular weight excluding hydrogens is 272 g/mol. The maximum atomic E-state index is 5.88. The third kappa shape index (κ3) is 2.51. The number of ether oxygens (including phenoxy) is 1. The maximum absolute atomic E-state index is 5.88. The van der Waals surface area contributed by atoms with Crippen LogP contribution in [0.1, 0.15) is 6.42 Å². The molecule has 6 heteroatoms. The quantitative estimate of drug-likeness (QED) is 0.677. The van der Waals surface area contributed by atoms with Crippen LogP contribution in [0.4, 0.5) is 17.3 Å². The Labute approximate surface area is 122 Å². The van der Waals surface area contributed by atoms with Crippen LogP contribution in [0.5, 0.6) is 5.75 Å². The van der Waals surface area contributed by atoms with E-state index in [1.165, 1.54) is 11.8 Å². The van der Waals surface area contributed by atoms with Gasteiger partial charge in [0, 0.05) is 12.6 Å². The summed E-state index contributed by atoms with van der Waals surface area (Å²) in [7, 11) is 0. The molecule has 20 heavy (non-hydrogen) atoms. The lowest BCUT2D eigenvalue weighted by Crippen LogP contribution is -2.19. The Morgan fingerprint density at radius 1 is 1.30 bits per heavy atom. The van der Waals surface area contributed by atoms with Crippen LogP contribution < -0.4 is 15.4 Å². The van der Waals surface area contributed by atoms with E-state index in [2.05, 4.69) is 14.9 Å². The van der Waals surface area contributed by atoms with E-state index in [-0.39, 0.29) is 0 Å². The van der Waals surface area contributed by atoms with E-state index in [0.717, 1.165) is 30.2 Å². The Hall–Kier alpha value is -1.95. The van der Waals surface area contributed by atoms with Crippen molar-refractivity contribution >= 4 is 29.1 Å². The van der Waals surface area contributed by atoms with Crippen LogP contribution >= 0.6 is 11.8 Å². The highest BCUT2D eigenvalue weighted by atomic mass is 32.2. The van der Waals surface area contributed by atoms with Crippen molar-refractivity contribution in [3.8, 4) is 5.75 Å². The molecule has 2 N–H and O–H groups in total. The van der Waals surface area contributed by atoms with E-state index < -0.39 is 0 Å². The fraction of sp³-hybridized carbons (Fsp3) is 0.286. The van der Waals surface area contributed by atoms with Gasteiger partial charge in [0.2, 0.25) is 0 Å². The lowest BCUT2D eigenvalue weighted by molar-refractivity contribution is 0.322. The first-order chi connectivity index (χ1) is 9.78. The molecule has 1 aromatic heterocycles. The maximum Gasteiger partial charge on any atom is 0.191 e. The second kappa shape index (κ2) is 5.58. The van der Waals surface area contributed by atoms with Gasteiger partial charge in [0.05, 0.1) is 12.3 Å². The molecule has 0 radical (unpaired) electrons. The van der Waals surface area contributed by atoms with E-state index in [1.807, 2.05) is 36.6 Å². The molecule has 104 valence electrons. The molecule has 0 unspecified atom stereocenters. The number of benzene rings is 1. The van der Waals surface area contributed by atoms with Gasteiger partial charge in [-0.1, -0.05) is 23.9 Å². The molecule has 0 bridgehead atoms. The topological polar surface area (TPSA) is 64.3 Å². The Morgan fingerprint density at radius 3 is 3.00 bits per heavy atom. The zero-order chi connectivity index (χ0) is 13.9. The lowest BCUT2D eigenvalue weighted by Gasteiger charge is -2.23. The van der Waals surface area contributed by atoms with E-state index >= 15 is 0 Å². The molecule has 0 spiro atoms. The summed E-state index contributed by atoms with van der Waals surface area (Å²) in [6.07, 6.45) is 2.88. The molecule has 2 heterocycles. The summed E-state index contributed by atoms with van der Waals surface area (Å²) in [6, 6.07) is 9.80. The molecule has 1 aliphatic heterocycles. The van der Waals surface area contributed by atoms with E-state index in [0.29, 0.717) is 17.6 Å². The minimum Gasteiger partial charge on any atom is -0.491 e. The predicted molar refractivity (Wildman–Crippen MR) is 81.8 cm³/mol. The monoisotopic (exact) mass is 288 g/mol. The molecule has 0 atom stereocenters. The van der Waals surface area contributed by atoms with Crippen LogP contribution in [0.3, 0.4) is 0 Å². The lowest BCUT2D eigenvalue weighted by atomic mass is 10.2. The van der Waals surface area contributed by atoms with Crippen molar-refractivity contribution in [3.63, 3.8) is 0 Å². The SMILES string of the molecule is CSc1nc(N)cc(N2CCCOc3ccccc32)n1. The summed E-state index contributed by atoms with van der Waals surface area (Å²) in [6.45, 7) is 1.56. The molecule has 1 aromatic carbocycles. The molecular formula is C14H16N4OS. The van der Waals surface area contributed by atoms with Gasteiger partial charge in [0.25, 0.3) is 0 Å². The third-order valence-corrected chi connectivity index (χ3v) is 3.66. The van der Waals surface area contributed by atoms with Gasteiger partial charge in [-0.2, -0.15) is 0 Å². The van der Waals surface area contributed by atoms with Crippen molar-refractivity contribution in [1.29, 1.82) is 0 Å². The highest BCUT2D eigenvalue weighted by Gasteiger charge is 2.19. The minimum absolute atomic E-state index is 0.488. The highest BCUT2D eigenvalue weighted by Crippen LogP contribution is 2.35. The summed E-state index contributed by atoms with van der Waals surface area (Å²) < 4.78 is 5.77. The van der Waals surface area contributed by atoms with Crippen molar-refractivity contribution < 1.29 is 4.74 Å². The Bertz CT molecular complexity index is 620. The average molecular weight is 288 g/mol. The number of fused-ring (bicyclic) bond motifs is 1. The van der Waals surface area contributed by atoms with Crippen molar-refractivity contribution in [2.75, 3.05) is 30.0 Å². The Balaban J connectivity index is 2.07. The number of nitrogen functional groups attached to an aromatic ring is 1. The largest absolute Gasteiger partial charge is 0.491 e. The zero-order valence-corrected chi connectivity index (χ0v) is 12.1. The van der Waals surface area contributed by atoms with Crippen molar-refractivity contribution in [2.45, 2.75) is 11.6 Å². The van der Waals surface area contributed by atoms with E-state index in [4.69, 9.17) is 10.5 Å². The van der Waals surface area contributed by atoms with Gasteiger partial charge in [0.1, 0.15) is 17.4 Å². The summed E-state index contributed by atoms with van der Waals surface area (Å²) in [5.41, 5.74) is 6.90. The van der Waals surface area contributed by atoms with Gasteiger partial charge < -0.3 is 15.4 Å². The van der Waals surface area contributed by atoms with E-state index in [1.54, 1.807) is 0 Å². The summed E-state index contributed by atoms with van der Waals surface area (Å²) in [4.78, 5) is 10.9. The number of aromatic nitrogens is 2. The zero-order valence-electron chi connectivity index (χ0n) is 11.2. The number of para-hydroxylation sites is 2. The van der Waals surface area contributed by atoms with Gasteiger partial charge in [0.15, 0.2) is 5.16 Å². The molecule has 0 saturated heterocycles. The van der Waals surface area contributed by atoms with Crippen molar-refractivity contribution in [2.24, 2.45) is 0 Å². The summed E-state index contributed by atoms with van der Waals surface area (Å²) in [5, 5.41) is 0.683. The minimum atomic E-state index is 0.488. The first-order valence-electron chi connectivity index (χ1n) is 6.46. The van der Waals surface area contributed by atoms with Gasteiger partial charge in [-0.3, -0.25) is 0 Å². The molecule has 2 aromatic rings. The van der Waals surface area contributed by atoms with Crippen molar-refractivity contribution in [3.05, 3.63) is 30.3 Å². The smallest absolute Gasteiger partial charge is 0.191 e. The standard InChI is InChI=1S/C14H16N4OS/c1-20-14-16-12(15)9-13(17-14)18-7-4-8-19-11-6-3-2-5-10(11)18/h2-3,5-6,9H,4,7-8H2,1H3,(H2,15,16,17). The second-order valence-electron chi connectivity index (χ2n) is 4.46. The molecule has 3 rings (SSSR count). The van der Waals surface area contributed by atoms with Gasteiger partial charge in [-0.25, -0.2) is 9.97 Å². The van der Waals surface area contributed by atoms with Gasteiger partial charge >= 0.3 is 0 Å². The number of thioether (sulfide) groups is 1. The first kappa shape index (κ1) is 13.1. The van der Waals surface area contributed by atoms with Gasteiger partial charge in [-0.15, -0.1) is 0 Å². The fourth-order valence-electron chi connectivity index (χ4n) is 2.23. The normalized spacial score (nSPS) is 14.3. The molecule has 0 amide bonds. The Kier molecular flexibility index (Phi) is 3.64. The fourth-order valence-corrected chi connectivity index (χ4v) is 2.61. The second-order valence-corrected chi connectivity index (χ2v) is 5.23. The molecule has 1 aliphatic rings. The van der Waals surface area contributed by atoms with Crippen molar-refractivity contribution in [1.82, 2.24) is 9.97 Å². The van der Waals surface area contributed by atoms with Crippen LogP contribution in [-0.4, -0.2) is 29.4 Å². The van der Waals surface area contributed by atoms with E-state index in [9.17, 15) is 0 Å². The molecule has 0 aliphatic carbocycles. The molecule has 0 saturated carbocycles. The summed E-state index contributed by atoms with van der Waals surface area (Å²) >= 11 is 1.49. The number of nitrogens with zero attached hydrogens (tertiary/aromatic N) is 3. The summed E-state index contributed by atoms with van der Waals surface area (Å²) in [5.74, 6) is 2.19. The number of rotatable bonds is 2. The van der Waals surface area contributed by atoms with Gasteiger partial charge in [-0.05, 0) is 24.8 Å². The van der Waals surface area contributed by atoms with Crippen LogP contribution in [0.25, 0.3) is 0 Å².